The van der Waals surface area contributed by atoms with Crippen LogP contribution in [0.4, 0.5) is 0 Å². The molecule has 0 radical (unpaired) electrons. The van der Waals surface area contributed by atoms with E-state index in [1.165, 1.54) is 18.7 Å². The number of amides is 1. The second-order valence-electron chi connectivity index (χ2n) is 10.9. The van der Waals surface area contributed by atoms with E-state index < -0.39 is 9.24 Å². The molecular formula is C36H60Cl2N6O12S. The van der Waals surface area contributed by atoms with E-state index in [9.17, 15) is 37.2 Å². The summed E-state index contributed by atoms with van der Waals surface area (Å²) in [5.41, 5.74) is 9.38. The highest BCUT2D eigenvalue weighted by atomic mass is 35.7. The summed E-state index contributed by atoms with van der Waals surface area (Å²) in [6.07, 6.45) is 2.31. The van der Waals surface area contributed by atoms with Crippen molar-refractivity contribution in [3.05, 3.63) is 46.5 Å². The highest BCUT2D eigenvalue weighted by Crippen LogP contribution is 2.13. The molecule has 326 valence electrons. The van der Waals surface area contributed by atoms with E-state index in [0.717, 1.165) is 35.3 Å². The Morgan fingerprint density at radius 1 is 0.842 bits per heavy atom. The molecule has 57 heavy (non-hydrogen) atoms. The number of halogens is 2. The van der Waals surface area contributed by atoms with Crippen LogP contribution in [-0.4, -0.2) is 105 Å². The van der Waals surface area contributed by atoms with Gasteiger partial charge in [-0.05, 0) is 80.5 Å². The number of ketones is 2. The van der Waals surface area contributed by atoms with Gasteiger partial charge in [-0.1, -0.05) is 11.8 Å². The lowest BCUT2D eigenvalue weighted by atomic mass is 10.2. The number of carbonyl (C=O) groups is 6. The van der Waals surface area contributed by atoms with Crippen molar-refractivity contribution in [1.29, 1.82) is 5.26 Å². The molecule has 0 bridgehead atoms. The molecular weight excluding hydrogens is 811 g/mol. The van der Waals surface area contributed by atoms with Gasteiger partial charge in [-0.25, -0.2) is 4.79 Å². The number of aromatic nitrogens is 2. The number of nitrogens with two attached hydrogens (primary N) is 1. The van der Waals surface area contributed by atoms with E-state index in [1.807, 2.05) is 51.3 Å². The molecule has 2 rings (SSSR count). The minimum atomic E-state index is -4.00. The molecule has 0 saturated heterocycles. The molecule has 0 saturated carbocycles. The molecule has 0 spiro atoms. The van der Waals surface area contributed by atoms with Gasteiger partial charge in [-0.3, -0.25) is 19.2 Å². The molecule has 0 aliphatic rings. The molecule has 21 heteroatoms. The van der Waals surface area contributed by atoms with E-state index in [1.54, 1.807) is 38.6 Å². The predicted molar refractivity (Wildman–Crippen MR) is 219 cm³/mol. The Morgan fingerprint density at radius 2 is 1.21 bits per heavy atom. The van der Waals surface area contributed by atoms with Crippen LogP contribution in [0, 0.1) is 39.0 Å². The van der Waals surface area contributed by atoms with Crippen molar-refractivity contribution in [3.63, 3.8) is 0 Å². The summed E-state index contributed by atoms with van der Waals surface area (Å²) in [6, 6.07) is 7.85. The third kappa shape index (κ3) is 39.2. The van der Waals surface area contributed by atoms with E-state index in [0.29, 0.717) is 44.8 Å². The molecule has 2 aromatic rings. The lowest BCUT2D eigenvalue weighted by Crippen LogP contribution is -2.16. The van der Waals surface area contributed by atoms with E-state index in [4.69, 9.17) is 25.3 Å². The van der Waals surface area contributed by atoms with Crippen molar-refractivity contribution in [3.8, 4) is 6.07 Å². The van der Waals surface area contributed by atoms with Gasteiger partial charge in [0.05, 0.1) is 31.9 Å². The minimum absolute atomic E-state index is 0. The molecule has 0 aromatic carbocycles. The first-order chi connectivity index (χ1) is 25.5. The molecule has 0 aliphatic carbocycles. The van der Waals surface area contributed by atoms with Gasteiger partial charge in [-0.15, -0.1) is 12.4 Å². The first-order valence-corrected chi connectivity index (χ1v) is 18.8. The molecule has 2 aromatic heterocycles. The number of aryl methyl sites for hydroxylation is 3. The van der Waals surface area contributed by atoms with Gasteiger partial charge in [0.2, 0.25) is 6.41 Å². The normalized spacial score (nSPS) is 8.91. The first-order valence-electron chi connectivity index (χ1n) is 16.5. The van der Waals surface area contributed by atoms with E-state index in [-0.39, 0.29) is 62.4 Å². The van der Waals surface area contributed by atoms with Gasteiger partial charge in [0.1, 0.15) is 30.7 Å². The summed E-state index contributed by atoms with van der Waals surface area (Å²) in [7, 11) is 3.75. The largest absolute Gasteiger partial charge is 0.465 e. The minimum Gasteiger partial charge on any atom is -0.465 e. The summed E-state index contributed by atoms with van der Waals surface area (Å²) >= 11 is 0. The van der Waals surface area contributed by atoms with Crippen LogP contribution in [0.2, 0.25) is 0 Å². The van der Waals surface area contributed by atoms with Crippen molar-refractivity contribution in [2.45, 2.75) is 95.7 Å². The van der Waals surface area contributed by atoms with Crippen LogP contribution in [0.1, 0.15) is 83.2 Å². The number of hydrogen-bond acceptors (Lipinski definition) is 14. The lowest BCUT2D eigenvalue weighted by Gasteiger charge is -2.07. The number of isocyanates is 1. The van der Waals surface area contributed by atoms with Crippen LogP contribution in [0.3, 0.4) is 0 Å². The predicted octanol–water partition coefficient (Wildman–Crippen LogP) is 4.23. The third-order valence-corrected chi connectivity index (χ3v) is 6.45. The zero-order valence-corrected chi connectivity index (χ0v) is 36.3. The SMILES string of the molecule is C.CC(=O)CCC(C)=O.CCOC(=O)CN.CCOC(=O)Cn1c(C)cc(C#N)c1C.CCOC(=O)Cn1c(C)ccc1C.CN(C)C=O.Cl.O=C=NS(=O)(=O)Cl. The number of rotatable bonds is 13. The number of esters is 3. The average Bonchev–Trinajstić information content (AvgIpc) is 3.55. The van der Waals surface area contributed by atoms with Gasteiger partial charge in [0.25, 0.3) is 6.08 Å². The highest BCUT2D eigenvalue weighted by molar-refractivity contribution is 8.12. The van der Waals surface area contributed by atoms with Gasteiger partial charge in [0.15, 0.2) is 0 Å². The fourth-order valence-corrected chi connectivity index (χ4v) is 3.57. The third-order valence-electron chi connectivity index (χ3n) is 5.95. The molecule has 0 fully saturated rings. The van der Waals surface area contributed by atoms with Crippen molar-refractivity contribution in [2.24, 2.45) is 10.1 Å². The number of ether oxygens (including phenoxy) is 3. The van der Waals surface area contributed by atoms with Crippen LogP contribution >= 0.6 is 23.1 Å². The number of nitriles is 1. The fourth-order valence-electron chi connectivity index (χ4n) is 3.39. The Bertz CT molecular complexity index is 1660. The zero-order valence-electron chi connectivity index (χ0n) is 33.9. The maximum absolute atomic E-state index is 11.3. The Kier molecular flexibility index (Phi) is 42.7. The van der Waals surface area contributed by atoms with Crippen molar-refractivity contribution in [1.82, 2.24) is 14.0 Å². The van der Waals surface area contributed by atoms with Crippen molar-refractivity contribution < 1.29 is 56.2 Å². The molecule has 0 aliphatic heterocycles. The monoisotopic (exact) mass is 870 g/mol. The quantitative estimate of drug-likeness (QED) is 0.0738. The molecule has 0 unspecified atom stereocenters. The van der Waals surface area contributed by atoms with Gasteiger partial charge >= 0.3 is 27.1 Å². The summed E-state index contributed by atoms with van der Waals surface area (Å²) < 4.78 is 39.2. The number of Topliss-reactive ketones (excluding diaryl/α,β-unsaturated/α-hetero) is 2. The maximum Gasteiger partial charge on any atom is 0.350 e. The second kappa shape index (κ2) is 38.0. The van der Waals surface area contributed by atoms with Crippen LogP contribution in [-0.2, 0) is 70.1 Å². The van der Waals surface area contributed by atoms with Crippen LogP contribution < -0.4 is 5.73 Å². The fraction of sp³-hybridized carbons (Fsp3) is 0.556. The van der Waals surface area contributed by atoms with Gasteiger partial charge in [-0.2, -0.15) is 13.7 Å². The lowest BCUT2D eigenvalue weighted by molar-refractivity contribution is -0.144. The topological polar surface area (TPSA) is 257 Å². The summed E-state index contributed by atoms with van der Waals surface area (Å²) in [5, 5.41) is 8.81. The average molecular weight is 872 g/mol. The van der Waals surface area contributed by atoms with Crippen LogP contribution in [0.15, 0.2) is 22.6 Å². The number of hydrogen-bond donors (Lipinski definition) is 1. The van der Waals surface area contributed by atoms with Gasteiger partial charge < -0.3 is 43.6 Å². The van der Waals surface area contributed by atoms with Crippen LogP contribution in [0.25, 0.3) is 0 Å². The summed E-state index contributed by atoms with van der Waals surface area (Å²) in [5.74, 6) is -0.628. The molecule has 0 atom stereocenters. The molecule has 2 heterocycles. The number of carbonyl (C=O) groups excluding carboxylic acids is 7. The zero-order chi connectivity index (χ0) is 43.7. The Balaban J connectivity index is -0.000000142. The van der Waals surface area contributed by atoms with E-state index in [2.05, 4.69) is 25.9 Å². The summed E-state index contributed by atoms with van der Waals surface area (Å²) in [6.45, 7) is 17.7. The first kappa shape index (κ1) is 64.1. The van der Waals surface area contributed by atoms with Gasteiger partial charge in [0, 0.05) is 60.4 Å². The van der Waals surface area contributed by atoms with Crippen molar-refractivity contribution in [2.75, 3.05) is 40.5 Å². The second-order valence-corrected chi connectivity index (χ2v) is 13.0. The molecule has 18 nitrogen and oxygen atoms in total. The Morgan fingerprint density at radius 3 is 1.44 bits per heavy atom. The molecule has 1 amide bonds. The number of nitrogens with zero attached hydrogens (tertiary/aromatic N) is 5. The van der Waals surface area contributed by atoms with Crippen LogP contribution in [0.5, 0.6) is 0 Å². The Labute approximate surface area is 347 Å². The smallest absolute Gasteiger partial charge is 0.350 e. The van der Waals surface area contributed by atoms with Crippen molar-refractivity contribution >= 4 is 74.3 Å². The van der Waals surface area contributed by atoms with E-state index >= 15 is 0 Å². The standard InChI is InChI=1S/C11H14N2O2.C10H15NO2.C6H10O2.C4H9NO2.C3H7NO.CClNO3S.CH4.ClH/c1-4-15-11(14)7-13-8(2)5-10(6-12)9(13)3;1-4-13-10(12)7-11-8(2)5-6-9(11)3;1-5(7)3-4-6(2)8;1-2-7-4(6)3-5;1-4(2)3-5;2-7(5,6)3-1-4;;/h5H,4,7H2,1-3H3;5-6H,4,7H2,1-3H3;3-4H2,1-2H3;2-3,5H2,1H3;3H,1-2H3;;1H4;1H. The summed E-state index contributed by atoms with van der Waals surface area (Å²) in [4.78, 5) is 72.9. The Hall–Kier alpha value is -4.86. The highest BCUT2D eigenvalue weighted by Gasteiger charge is 2.12. The molecule has 2 N–H and O–H groups in total. The maximum atomic E-state index is 11.3.